The van der Waals surface area contributed by atoms with Gasteiger partial charge in [-0.05, 0) is 42.0 Å². The van der Waals surface area contributed by atoms with E-state index >= 15 is 0 Å². The van der Waals surface area contributed by atoms with E-state index in [2.05, 4.69) is 25.7 Å². The van der Waals surface area contributed by atoms with E-state index in [1.165, 1.54) is 0 Å². The number of anilines is 2. The van der Waals surface area contributed by atoms with Crippen molar-refractivity contribution >= 4 is 28.3 Å². The number of nitrogens with one attached hydrogen (secondary N) is 3. The number of aliphatic hydroxyl groups is 1. The Morgan fingerprint density at radius 1 is 1.00 bits per heavy atom. The van der Waals surface area contributed by atoms with Crippen LogP contribution in [0.5, 0.6) is 0 Å². The number of para-hydroxylation sites is 1. The van der Waals surface area contributed by atoms with Crippen molar-refractivity contribution in [3.05, 3.63) is 85.3 Å². The molecule has 9 heteroatoms. The van der Waals surface area contributed by atoms with Gasteiger partial charge in [-0.2, -0.15) is 5.10 Å². The molecule has 0 fully saturated rings. The van der Waals surface area contributed by atoms with Crippen molar-refractivity contribution in [3.63, 3.8) is 0 Å². The quantitative estimate of drug-likeness (QED) is 0.229. The van der Waals surface area contributed by atoms with Gasteiger partial charge in [-0.3, -0.25) is 9.48 Å². The van der Waals surface area contributed by atoms with E-state index in [1.807, 2.05) is 79.1 Å². The van der Waals surface area contributed by atoms with Gasteiger partial charge >= 0.3 is 0 Å². The number of rotatable bonds is 8. The lowest BCUT2D eigenvalue weighted by Gasteiger charge is -2.17. The van der Waals surface area contributed by atoms with Gasteiger partial charge in [0.1, 0.15) is 17.9 Å². The maximum Gasteiger partial charge on any atom is 0.239 e. The molecule has 1 amide bonds. The number of aromatic amines is 1. The standard InChI is InChI=1S/C25H23N7O2/c26-22(33)15-32-14-21(19-10-12-27-24-20(19)11-13-28-24)23(31-32)16-6-8-18(9-7-16)30-25(34)29-17-4-2-1-3-5-17/h1-14,25,29-30,34H,15H2,(H2,26,33)(H,27,28). The van der Waals surface area contributed by atoms with Gasteiger partial charge in [0.05, 0.1) is 0 Å². The Hall–Kier alpha value is -4.63. The number of nitrogens with zero attached hydrogens (tertiary/aromatic N) is 3. The number of amides is 1. The maximum absolute atomic E-state index is 11.5. The zero-order chi connectivity index (χ0) is 23.5. The van der Waals surface area contributed by atoms with Crippen LogP contribution in [0.3, 0.4) is 0 Å². The highest BCUT2D eigenvalue weighted by Crippen LogP contribution is 2.35. The van der Waals surface area contributed by atoms with Gasteiger partial charge in [-0.25, -0.2) is 4.98 Å². The fraction of sp³-hybridized carbons (Fsp3) is 0.0800. The second-order valence-corrected chi connectivity index (χ2v) is 7.79. The molecule has 3 aromatic heterocycles. The minimum atomic E-state index is -0.961. The lowest BCUT2D eigenvalue weighted by atomic mass is 10.0. The first-order valence-electron chi connectivity index (χ1n) is 10.7. The summed E-state index contributed by atoms with van der Waals surface area (Å²) >= 11 is 0. The molecule has 0 saturated carbocycles. The van der Waals surface area contributed by atoms with E-state index < -0.39 is 12.3 Å². The second kappa shape index (κ2) is 9.08. The second-order valence-electron chi connectivity index (χ2n) is 7.79. The third kappa shape index (κ3) is 4.45. The Balaban J connectivity index is 1.44. The predicted molar refractivity (Wildman–Crippen MR) is 132 cm³/mol. The van der Waals surface area contributed by atoms with Gasteiger partial charge in [0.2, 0.25) is 12.3 Å². The molecule has 5 rings (SSSR count). The first kappa shape index (κ1) is 21.2. The van der Waals surface area contributed by atoms with Crippen LogP contribution in [-0.2, 0) is 11.3 Å². The first-order valence-corrected chi connectivity index (χ1v) is 10.7. The summed E-state index contributed by atoms with van der Waals surface area (Å²) in [5.74, 6) is -0.471. The number of fused-ring (bicyclic) bond motifs is 1. The summed E-state index contributed by atoms with van der Waals surface area (Å²) in [6.07, 6.45) is 4.43. The number of nitrogens with two attached hydrogens (primary N) is 1. The molecule has 6 N–H and O–H groups in total. The number of carbonyl (C=O) groups is 1. The molecular formula is C25H23N7O2. The van der Waals surface area contributed by atoms with Crippen molar-refractivity contribution < 1.29 is 9.90 Å². The predicted octanol–water partition coefficient (Wildman–Crippen LogP) is 3.38. The highest BCUT2D eigenvalue weighted by Gasteiger charge is 2.17. The van der Waals surface area contributed by atoms with Gasteiger partial charge in [0.25, 0.3) is 0 Å². The third-order valence-corrected chi connectivity index (χ3v) is 5.37. The van der Waals surface area contributed by atoms with Crippen LogP contribution in [0.25, 0.3) is 33.4 Å². The van der Waals surface area contributed by atoms with Crippen molar-refractivity contribution in [1.29, 1.82) is 0 Å². The summed E-state index contributed by atoms with van der Waals surface area (Å²) in [7, 11) is 0. The molecule has 0 saturated heterocycles. The molecule has 170 valence electrons. The number of primary amides is 1. The summed E-state index contributed by atoms with van der Waals surface area (Å²) in [6, 6.07) is 20.9. The molecule has 0 aliphatic heterocycles. The van der Waals surface area contributed by atoms with Crippen LogP contribution in [-0.4, -0.2) is 37.1 Å². The Kier molecular flexibility index (Phi) is 5.67. The normalized spacial score (nSPS) is 11.9. The van der Waals surface area contributed by atoms with Crippen molar-refractivity contribution in [3.8, 4) is 22.4 Å². The molecule has 2 aromatic carbocycles. The zero-order valence-electron chi connectivity index (χ0n) is 18.1. The van der Waals surface area contributed by atoms with Crippen LogP contribution in [0, 0.1) is 0 Å². The topological polar surface area (TPSA) is 134 Å². The van der Waals surface area contributed by atoms with Crippen LogP contribution in [0.15, 0.2) is 85.3 Å². The molecule has 1 unspecified atom stereocenters. The number of pyridine rings is 1. The number of aromatic nitrogens is 4. The Morgan fingerprint density at radius 3 is 2.47 bits per heavy atom. The van der Waals surface area contributed by atoms with E-state index in [0.717, 1.165) is 39.1 Å². The van der Waals surface area contributed by atoms with Crippen LogP contribution in [0.2, 0.25) is 0 Å². The fourth-order valence-corrected chi connectivity index (χ4v) is 3.88. The van der Waals surface area contributed by atoms with Gasteiger partial charge < -0.3 is 26.5 Å². The molecule has 0 radical (unpaired) electrons. The van der Waals surface area contributed by atoms with Gasteiger partial charge in [0.15, 0.2) is 0 Å². The molecule has 3 heterocycles. The monoisotopic (exact) mass is 453 g/mol. The van der Waals surface area contributed by atoms with Crippen LogP contribution in [0.1, 0.15) is 0 Å². The largest absolute Gasteiger partial charge is 0.368 e. The first-order chi connectivity index (χ1) is 16.6. The van der Waals surface area contributed by atoms with E-state index in [1.54, 1.807) is 10.9 Å². The Morgan fingerprint density at radius 2 is 1.74 bits per heavy atom. The highest BCUT2D eigenvalue weighted by molar-refractivity contribution is 5.97. The fourth-order valence-electron chi connectivity index (χ4n) is 3.88. The van der Waals surface area contributed by atoms with Gasteiger partial charge in [-0.1, -0.05) is 30.3 Å². The van der Waals surface area contributed by atoms with E-state index in [0.29, 0.717) is 5.69 Å². The Bertz CT molecular complexity index is 1420. The van der Waals surface area contributed by atoms with Crippen LogP contribution in [0.4, 0.5) is 11.4 Å². The maximum atomic E-state index is 11.5. The van der Waals surface area contributed by atoms with E-state index in [9.17, 15) is 9.90 Å². The average molecular weight is 454 g/mol. The number of aliphatic hydroxyl groups excluding tert-OH is 1. The summed E-state index contributed by atoms with van der Waals surface area (Å²) in [5.41, 5.74) is 11.1. The highest BCUT2D eigenvalue weighted by atomic mass is 16.3. The number of hydrogen-bond donors (Lipinski definition) is 5. The summed E-state index contributed by atoms with van der Waals surface area (Å²) in [4.78, 5) is 19.0. The molecular weight excluding hydrogens is 430 g/mol. The average Bonchev–Trinajstić information content (AvgIpc) is 3.47. The molecule has 34 heavy (non-hydrogen) atoms. The third-order valence-electron chi connectivity index (χ3n) is 5.37. The number of carbonyl (C=O) groups excluding carboxylic acids is 1. The Labute approximate surface area is 195 Å². The molecule has 5 aromatic rings. The van der Waals surface area contributed by atoms with E-state index in [-0.39, 0.29) is 6.54 Å². The molecule has 0 bridgehead atoms. The number of H-pyrrole nitrogens is 1. The van der Waals surface area contributed by atoms with Gasteiger partial charge in [0, 0.05) is 46.5 Å². The van der Waals surface area contributed by atoms with E-state index in [4.69, 9.17) is 5.73 Å². The minimum absolute atomic E-state index is 0.0225. The van der Waals surface area contributed by atoms with Crippen LogP contribution < -0.4 is 16.4 Å². The lowest BCUT2D eigenvalue weighted by Crippen LogP contribution is -2.27. The molecule has 0 spiro atoms. The van der Waals surface area contributed by atoms with Crippen molar-refractivity contribution in [1.82, 2.24) is 19.7 Å². The van der Waals surface area contributed by atoms with Crippen molar-refractivity contribution in [2.24, 2.45) is 5.73 Å². The molecule has 0 aliphatic rings. The SMILES string of the molecule is NC(=O)Cn1cc(-c2ccnc3[nH]ccc23)c(-c2ccc(NC(O)Nc3ccccc3)cc2)n1. The van der Waals surface area contributed by atoms with Crippen molar-refractivity contribution in [2.75, 3.05) is 10.6 Å². The minimum Gasteiger partial charge on any atom is -0.368 e. The van der Waals surface area contributed by atoms with Crippen molar-refractivity contribution in [2.45, 2.75) is 12.9 Å². The summed E-state index contributed by atoms with van der Waals surface area (Å²) in [6.45, 7) is -0.0225. The van der Waals surface area contributed by atoms with Gasteiger partial charge in [-0.15, -0.1) is 0 Å². The number of hydrogen-bond acceptors (Lipinski definition) is 6. The molecule has 9 nitrogen and oxygen atoms in total. The van der Waals surface area contributed by atoms with Crippen LogP contribution >= 0.6 is 0 Å². The summed E-state index contributed by atoms with van der Waals surface area (Å²) in [5, 5.41) is 21.9. The number of benzene rings is 2. The smallest absolute Gasteiger partial charge is 0.239 e. The molecule has 1 atom stereocenters. The summed E-state index contributed by atoms with van der Waals surface area (Å²) < 4.78 is 1.55. The zero-order valence-corrected chi connectivity index (χ0v) is 18.1. The molecule has 0 aliphatic carbocycles. The lowest BCUT2D eigenvalue weighted by molar-refractivity contribution is -0.118.